The molecular formula is C21H21BrClN5O2. The van der Waals surface area contributed by atoms with E-state index in [1.54, 1.807) is 24.4 Å². The number of anilines is 1. The van der Waals surface area contributed by atoms with Crippen LogP contribution in [0.5, 0.6) is 0 Å². The van der Waals surface area contributed by atoms with Crippen molar-refractivity contribution in [1.82, 2.24) is 20.1 Å². The molecule has 4 rings (SSSR count). The molecule has 1 N–H and O–H groups in total. The lowest BCUT2D eigenvalue weighted by Gasteiger charge is -2.29. The minimum atomic E-state index is -0.264. The molecule has 1 aliphatic heterocycles. The fourth-order valence-electron chi connectivity index (χ4n) is 3.36. The number of nitrogens with one attached hydrogen (secondary N) is 1. The van der Waals surface area contributed by atoms with Gasteiger partial charge in [-0.2, -0.15) is 5.10 Å². The topological polar surface area (TPSA) is 72.3 Å². The van der Waals surface area contributed by atoms with Crippen LogP contribution in [0.1, 0.15) is 29.0 Å². The molecule has 2 aromatic heterocycles. The summed E-state index contributed by atoms with van der Waals surface area (Å²) in [6.45, 7) is 5.22. The SMILES string of the molecule is CC(NC(=O)c1cc(Br)nn1-c1ncccc1Cl)c1ccc(N2CCOCC2)cc1. The van der Waals surface area contributed by atoms with Gasteiger partial charge in [-0.3, -0.25) is 4.79 Å². The molecule has 1 amide bonds. The smallest absolute Gasteiger partial charge is 0.270 e. The minimum absolute atomic E-state index is 0.183. The van der Waals surface area contributed by atoms with Crippen molar-refractivity contribution >= 4 is 39.1 Å². The number of halogens is 2. The molecule has 1 aromatic carbocycles. The van der Waals surface area contributed by atoms with Crippen LogP contribution < -0.4 is 10.2 Å². The molecular weight excluding hydrogens is 470 g/mol. The Labute approximate surface area is 188 Å². The van der Waals surface area contributed by atoms with Gasteiger partial charge in [0, 0.05) is 31.0 Å². The van der Waals surface area contributed by atoms with Crippen molar-refractivity contribution in [3.63, 3.8) is 0 Å². The first-order chi connectivity index (χ1) is 14.5. The Morgan fingerprint density at radius 3 is 2.67 bits per heavy atom. The molecule has 1 fully saturated rings. The maximum Gasteiger partial charge on any atom is 0.270 e. The van der Waals surface area contributed by atoms with Gasteiger partial charge in [-0.15, -0.1) is 0 Å². The van der Waals surface area contributed by atoms with Crippen LogP contribution in [0, 0.1) is 0 Å². The zero-order valence-corrected chi connectivity index (χ0v) is 18.7. The number of carbonyl (C=O) groups is 1. The van der Waals surface area contributed by atoms with E-state index in [-0.39, 0.29) is 11.9 Å². The molecule has 1 aliphatic rings. The second kappa shape index (κ2) is 9.16. The average Bonchev–Trinajstić information content (AvgIpc) is 3.16. The number of nitrogens with zero attached hydrogens (tertiary/aromatic N) is 4. The minimum Gasteiger partial charge on any atom is -0.378 e. The van der Waals surface area contributed by atoms with Crippen molar-refractivity contribution in [1.29, 1.82) is 0 Å². The van der Waals surface area contributed by atoms with Gasteiger partial charge in [0.2, 0.25) is 0 Å². The highest BCUT2D eigenvalue weighted by Crippen LogP contribution is 2.23. The van der Waals surface area contributed by atoms with Crippen LogP contribution >= 0.6 is 27.5 Å². The van der Waals surface area contributed by atoms with Crippen molar-refractivity contribution < 1.29 is 9.53 Å². The van der Waals surface area contributed by atoms with E-state index in [1.807, 2.05) is 19.1 Å². The summed E-state index contributed by atoms with van der Waals surface area (Å²) in [4.78, 5) is 19.5. The highest BCUT2D eigenvalue weighted by molar-refractivity contribution is 9.10. The number of ether oxygens (including phenoxy) is 1. The predicted octanol–water partition coefficient (Wildman–Crippen LogP) is 4.01. The van der Waals surface area contributed by atoms with Crippen LogP contribution in [-0.2, 0) is 4.74 Å². The standard InChI is InChI=1S/C21H21BrClN5O2/c1-14(15-4-6-16(7-5-15)27-9-11-30-12-10-27)25-21(29)18-13-19(22)26-28(18)20-17(23)3-2-8-24-20/h2-8,13-14H,9-12H2,1H3,(H,25,29). The fourth-order valence-corrected chi connectivity index (χ4v) is 3.93. The zero-order valence-electron chi connectivity index (χ0n) is 16.4. The van der Waals surface area contributed by atoms with Crippen LogP contribution in [0.25, 0.3) is 5.82 Å². The lowest BCUT2D eigenvalue weighted by Crippen LogP contribution is -2.36. The molecule has 0 bridgehead atoms. The third-order valence-electron chi connectivity index (χ3n) is 4.97. The average molecular weight is 491 g/mol. The second-order valence-corrected chi connectivity index (χ2v) is 8.18. The molecule has 1 saturated heterocycles. The summed E-state index contributed by atoms with van der Waals surface area (Å²) in [7, 11) is 0. The third-order valence-corrected chi connectivity index (χ3v) is 5.65. The van der Waals surface area contributed by atoms with Gasteiger partial charge in [0.25, 0.3) is 5.91 Å². The molecule has 1 unspecified atom stereocenters. The number of hydrogen-bond donors (Lipinski definition) is 1. The van der Waals surface area contributed by atoms with E-state index in [0.29, 0.717) is 21.1 Å². The Hall–Kier alpha value is -2.42. The number of rotatable bonds is 5. The van der Waals surface area contributed by atoms with Crippen molar-refractivity contribution in [2.75, 3.05) is 31.2 Å². The first kappa shape index (κ1) is 20.8. The molecule has 156 valence electrons. The maximum absolute atomic E-state index is 13.0. The van der Waals surface area contributed by atoms with E-state index < -0.39 is 0 Å². The van der Waals surface area contributed by atoms with E-state index in [1.165, 1.54) is 4.68 Å². The fraction of sp³-hybridized carbons (Fsp3) is 0.286. The van der Waals surface area contributed by atoms with E-state index in [0.717, 1.165) is 37.6 Å². The van der Waals surface area contributed by atoms with Gasteiger partial charge in [0.1, 0.15) is 10.3 Å². The van der Waals surface area contributed by atoms with Gasteiger partial charge >= 0.3 is 0 Å². The molecule has 30 heavy (non-hydrogen) atoms. The molecule has 0 spiro atoms. The first-order valence-corrected chi connectivity index (χ1v) is 10.8. The highest BCUT2D eigenvalue weighted by Gasteiger charge is 2.20. The number of carbonyl (C=O) groups excluding carboxylic acids is 1. The number of pyridine rings is 1. The van der Waals surface area contributed by atoms with Crippen molar-refractivity contribution in [3.8, 4) is 5.82 Å². The van der Waals surface area contributed by atoms with Gasteiger partial charge in [-0.1, -0.05) is 23.7 Å². The van der Waals surface area contributed by atoms with Crippen LogP contribution in [0.3, 0.4) is 0 Å². The molecule has 0 radical (unpaired) electrons. The number of morpholine rings is 1. The lowest BCUT2D eigenvalue weighted by molar-refractivity contribution is 0.0932. The summed E-state index contributed by atoms with van der Waals surface area (Å²) >= 11 is 9.58. The molecule has 9 heteroatoms. The van der Waals surface area contributed by atoms with E-state index in [4.69, 9.17) is 16.3 Å². The second-order valence-electron chi connectivity index (χ2n) is 6.96. The molecule has 0 aliphatic carbocycles. The van der Waals surface area contributed by atoms with Crippen molar-refractivity contribution in [2.45, 2.75) is 13.0 Å². The molecule has 0 saturated carbocycles. The molecule has 3 heterocycles. The Kier molecular flexibility index (Phi) is 6.36. The first-order valence-electron chi connectivity index (χ1n) is 9.63. The Morgan fingerprint density at radius 2 is 1.97 bits per heavy atom. The van der Waals surface area contributed by atoms with E-state index >= 15 is 0 Å². The molecule has 3 aromatic rings. The summed E-state index contributed by atoms with van der Waals surface area (Å²) < 4.78 is 7.37. The summed E-state index contributed by atoms with van der Waals surface area (Å²) in [6.07, 6.45) is 1.61. The van der Waals surface area contributed by atoms with Crippen LogP contribution in [0.2, 0.25) is 5.02 Å². The summed E-state index contributed by atoms with van der Waals surface area (Å²) in [5.41, 5.74) is 2.52. The number of aromatic nitrogens is 3. The Bertz CT molecular complexity index is 1030. The van der Waals surface area contributed by atoms with Crippen LogP contribution in [0.4, 0.5) is 5.69 Å². The number of benzene rings is 1. The maximum atomic E-state index is 13.0. The normalized spacial score (nSPS) is 15.1. The molecule has 1 atom stereocenters. The van der Waals surface area contributed by atoms with Crippen molar-refractivity contribution in [3.05, 3.63) is 69.5 Å². The number of amides is 1. The van der Waals surface area contributed by atoms with Crippen LogP contribution in [-0.4, -0.2) is 47.0 Å². The Balaban J connectivity index is 1.50. The zero-order chi connectivity index (χ0) is 21.1. The Morgan fingerprint density at radius 1 is 1.23 bits per heavy atom. The summed E-state index contributed by atoms with van der Waals surface area (Å²) in [5, 5.41) is 7.76. The van der Waals surface area contributed by atoms with Crippen LogP contribution in [0.15, 0.2) is 53.3 Å². The van der Waals surface area contributed by atoms with E-state index in [2.05, 4.69) is 48.4 Å². The lowest BCUT2D eigenvalue weighted by atomic mass is 10.1. The summed E-state index contributed by atoms with van der Waals surface area (Å²) in [6, 6.07) is 13.1. The van der Waals surface area contributed by atoms with Gasteiger partial charge in [0.05, 0.1) is 24.3 Å². The van der Waals surface area contributed by atoms with Crippen molar-refractivity contribution in [2.24, 2.45) is 0 Å². The van der Waals surface area contributed by atoms with Gasteiger partial charge in [0.15, 0.2) is 5.82 Å². The third kappa shape index (κ3) is 4.50. The summed E-state index contributed by atoms with van der Waals surface area (Å²) in [5.74, 6) is 0.136. The van der Waals surface area contributed by atoms with Gasteiger partial charge in [-0.25, -0.2) is 9.67 Å². The molecule has 7 nitrogen and oxygen atoms in total. The van der Waals surface area contributed by atoms with E-state index in [9.17, 15) is 4.79 Å². The quantitative estimate of drug-likeness (QED) is 0.585. The number of hydrogen-bond acceptors (Lipinski definition) is 5. The predicted molar refractivity (Wildman–Crippen MR) is 119 cm³/mol. The van der Waals surface area contributed by atoms with Gasteiger partial charge in [-0.05, 0) is 52.7 Å². The largest absolute Gasteiger partial charge is 0.378 e. The monoisotopic (exact) mass is 489 g/mol. The van der Waals surface area contributed by atoms with Gasteiger partial charge < -0.3 is 15.0 Å². The highest BCUT2D eigenvalue weighted by atomic mass is 79.9.